The van der Waals surface area contributed by atoms with Crippen LogP contribution in [-0.4, -0.2) is 5.25 Å². The van der Waals surface area contributed by atoms with E-state index in [-0.39, 0.29) is 0 Å². The summed E-state index contributed by atoms with van der Waals surface area (Å²) in [6, 6.07) is 58.5. The molecule has 8 aromatic carbocycles. The Morgan fingerprint density at radius 1 is 0.388 bits per heavy atom. The Kier molecular flexibility index (Phi) is 6.67. The van der Waals surface area contributed by atoms with Gasteiger partial charge in [-0.25, -0.2) is 0 Å². The van der Waals surface area contributed by atoms with Crippen LogP contribution in [0.15, 0.2) is 187 Å². The Morgan fingerprint density at radius 3 is 1.65 bits per heavy atom. The van der Waals surface area contributed by atoms with Gasteiger partial charge in [-0.05, 0) is 101 Å². The van der Waals surface area contributed by atoms with Crippen LogP contribution in [0.4, 0.5) is 0 Å². The van der Waals surface area contributed by atoms with Gasteiger partial charge in [0.05, 0.1) is 0 Å². The van der Waals surface area contributed by atoms with Crippen molar-refractivity contribution in [2.75, 3.05) is 0 Å². The number of benzene rings is 8. The maximum absolute atomic E-state index is 2.41. The molecule has 2 aliphatic rings. The second kappa shape index (κ2) is 11.5. The number of thioether (sulfide) groups is 1. The summed E-state index contributed by atoms with van der Waals surface area (Å²) in [4.78, 5) is 1.42. The van der Waals surface area contributed by atoms with E-state index in [0.29, 0.717) is 11.2 Å². The Bertz CT molecular complexity index is 2600. The molecule has 0 nitrogen and oxygen atoms in total. The fourth-order valence-electron chi connectivity index (χ4n) is 8.11. The average Bonchev–Trinajstić information content (AvgIpc) is 3.56. The summed E-state index contributed by atoms with van der Waals surface area (Å²) in [6.07, 6.45) is 9.11. The van der Waals surface area contributed by atoms with E-state index in [2.05, 4.69) is 182 Å². The third-order valence-electron chi connectivity index (χ3n) is 10.4. The highest BCUT2D eigenvalue weighted by atomic mass is 32.2. The van der Waals surface area contributed by atoms with E-state index in [1.807, 2.05) is 11.8 Å². The number of hydrogen-bond donors (Lipinski definition) is 0. The predicted octanol–water partition coefficient (Wildman–Crippen LogP) is 13.5. The molecule has 0 amide bonds. The second-order valence-electron chi connectivity index (χ2n) is 13.2. The van der Waals surface area contributed by atoms with Crippen molar-refractivity contribution in [3.8, 4) is 44.5 Å². The van der Waals surface area contributed by atoms with Gasteiger partial charge in [-0.2, -0.15) is 0 Å². The van der Waals surface area contributed by atoms with Crippen molar-refractivity contribution in [1.82, 2.24) is 0 Å². The van der Waals surface area contributed by atoms with Gasteiger partial charge in [-0.15, -0.1) is 11.8 Å². The lowest BCUT2D eigenvalue weighted by Gasteiger charge is -2.19. The molecule has 0 fully saturated rings. The van der Waals surface area contributed by atoms with Crippen LogP contribution in [0, 0.1) is 0 Å². The zero-order valence-electron chi connectivity index (χ0n) is 26.9. The quantitative estimate of drug-likeness (QED) is 0.173. The molecule has 1 heterocycles. The standard InChI is InChI=1S/C48H32S/c1-2-13-32-28-34(27-26-31(32)12-1)33-14-9-16-36(29-33)46-40-19-3-5-21-42(40)47(43-22-6-4-20-41(43)46)37-17-10-15-35(30-37)38-23-11-24-44-39-18-7-8-25-45(39)49-48(38)44/h1-30,39,45H. The van der Waals surface area contributed by atoms with Crippen molar-refractivity contribution >= 4 is 44.1 Å². The molecule has 0 spiro atoms. The number of rotatable bonds is 4. The molecular formula is C48H32S. The fraction of sp³-hybridized carbons (Fsp3) is 0.0417. The maximum atomic E-state index is 2.41. The van der Waals surface area contributed by atoms with Crippen molar-refractivity contribution in [1.29, 1.82) is 0 Å². The van der Waals surface area contributed by atoms with Crippen LogP contribution in [0.3, 0.4) is 0 Å². The first kappa shape index (κ1) is 28.4. The molecule has 1 heteroatoms. The molecule has 1 aliphatic carbocycles. The van der Waals surface area contributed by atoms with Crippen LogP contribution in [-0.2, 0) is 0 Å². The lowest BCUT2D eigenvalue weighted by Crippen LogP contribution is -2.06. The third-order valence-corrected chi connectivity index (χ3v) is 11.8. The van der Waals surface area contributed by atoms with Crippen LogP contribution in [0.1, 0.15) is 11.5 Å². The Morgan fingerprint density at radius 2 is 0.939 bits per heavy atom. The highest BCUT2D eigenvalue weighted by Gasteiger charge is 2.32. The van der Waals surface area contributed by atoms with Gasteiger partial charge in [0, 0.05) is 16.1 Å². The molecule has 0 radical (unpaired) electrons. The molecule has 8 aromatic rings. The van der Waals surface area contributed by atoms with E-state index in [1.54, 1.807) is 0 Å². The molecule has 0 N–H and O–H groups in total. The first-order valence-corrected chi connectivity index (χ1v) is 18.0. The lowest BCUT2D eigenvalue weighted by molar-refractivity contribution is 0.881. The zero-order chi connectivity index (χ0) is 32.3. The van der Waals surface area contributed by atoms with Crippen molar-refractivity contribution in [2.45, 2.75) is 16.1 Å². The third kappa shape index (κ3) is 4.69. The van der Waals surface area contributed by atoms with Crippen LogP contribution >= 0.6 is 11.8 Å². The van der Waals surface area contributed by atoms with Crippen LogP contribution in [0.25, 0.3) is 76.8 Å². The second-order valence-corrected chi connectivity index (χ2v) is 14.4. The van der Waals surface area contributed by atoms with Crippen LogP contribution in [0.5, 0.6) is 0 Å². The molecular weight excluding hydrogens is 609 g/mol. The monoisotopic (exact) mass is 640 g/mol. The molecule has 0 bridgehead atoms. The van der Waals surface area contributed by atoms with E-state index in [4.69, 9.17) is 0 Å². The van der Waals surface area contributed by atoms with Gasteiger partial charge in [-0.3, -0.25) is 0 Å². The smallest absolute Gasteiger partial charge is 0.0381 e. The molecule has 0 saturated carbocycles. The number of allylic oxidation sites excluding steroid dienone is 3. The molecule has 2 unspecified atom stereocenters. The molecule has 49 heavy (non-hydrogen) atoms. The van der Waals surface area contributed by atoms with Gasteiger partial charge in [0.2, 0.25) is 0 Å². The van der Waals surface area contributed by atoms with Crippen LogP contribution in [0.2, 0.25) is 0 Å². The summed E-state index contributed by atoms with van der Waals surface area (Å²) >= 11 is 2.01. The Balaban J connectivity index is 1.15. The summed E-state index contributed by atoms with van der Waals surface area (Å²) in [5.74, 6) is 0.452. The predicted molar refractivity (Wildman–Crippen MR) is 211 cm³/mol. The topological polar surface area (TPSA) is 0 Å². The van der Waals surface area contributed by atoms with Gasteiger partial charge < -0.3 is 0 Å². The van der Waals surface area contributed by atoms with Crippen molar-refractivity contribution in [3.63, 3.8) is 0 Å². The van der Waals surface area contributed by atoms with E-state index >= 15 is 0 Å². The normalized spacial score (nSPS) is 16.3. The summed E-state index contributed by atoms with van der Waals surface area (Å²) in [5.41, 5.74) is 11.6. The van der Waals surface area contributed by atoms with E-state index in [1.165, 1.54) is 87.3 Å². The lowest BCUT2D eigenvalue weighted by atomic mass is 9.84. The van der Waals surface area contributed by atoms with E-state index in [9.17, 15) is 0 Å². The average molecular weight is 641 g/mol. The Hall–Kier alpha value is -5.63. The molecule has 1 aliphatic heterocycles. The van der Waals surface area contributed by atoms with Gasteiger partial charge >= 0.3 is 0 Å². The van der Waals surface area contributed by atoms with E-state index in [0.717, 1.165) is 0 Å². The Labute approximate surface area is 291 Å². The van der Waals surface area contributed by atoms with Gasteiger partial charge in [0.15, 0.2) is 0 Å². The summed E-state index contributed by atoms with van der Waals surface area (Å²) in [5, 5.41) is 8.11. The molecule has 0 saturated heterocycles. The highest BCUT2D eigenvalue weighted by molar-refractivity contribution is 8.00. The summed E-state index contributed by atoms with van der Waals surface area (Å²) in [7, 11) is 0. The minimum Gasteiger partial charge on any atom is -0.117 e. The molecule has 230 valence electrons. The minimum absolute atomic E-state index is 0.452. The molecule has 0 aromatic heterocycles. The van der Waals surface area contributed by atoms with Gasteiger partial charge in [0.25, 0.3) is 0 Å². The molecule has 10 rings (SSSR count). The zero-order valence-corrected chi connectivity index (χ0v) is 27.7. The van der Waals surface area contributed by atoms with Gasteiger partial charge in [-0.1, -0.05) is 164 Å². The van der Waals surface area contributed by atoms with Crippen molar-refractivity contribution in [3.05, 3.63) is 188 Å². The van der Waals surface area contributed by atoms with Crippen molar-refractivity contribution < 1.29 is 0 Å². The summed E-state index contributed by atoms with van der Waals surface area (Å²) < 4.78 is 0. The van der Waals surface area contributed by atoms with Crippen molar-refractivity contribution in [2.24, 2.45) is 0 Å². The largest absolute Gasteiger partial charge is 0.117 e. The van der Waals surface area contributed by atoms with Crippen LogP contribution < -0.4 is 0 Å². The van der Waals surface area contributed by atoms with E-state index < -0.39 is 0 Å². The SMILES string of the molecule is C1=CC2Sc3c(-c4cccc(-c5c6ccccc6c(-c6cccc(-c7ccc8ccccc8c7)c6)c6ccccc56)c4)cccc3C2C=C1. The number of fused-ring (bicyclic) bond motifs is 6. The maximum Gasteiger partial charge on any atom is 0.0381 e. The first-order valence-electron chi connectivity index (χ1n) is 17.1. The van der Waals surface area contributed by atoms with Gasteiger partial charge in [0.1, 0.15) is 0 Å². The highest BCUT2D eigenvalue weighted by Crippen LogP contribution is 2.52. The minimum atomic E-state index is 0.452. The summed E-state index contributed by atoms with van der Waals surface area (Å²) in [6.45, 7) is 0. The first-order chi connectivity index (χ1) is 24.3. The number of hydrogen-bond acceptors (Lipinski definition) is 1. The fourth-order valence-corrected chi connectivity index (χ4v) is 9.59. The molecule has 2 atom stereocenters.